The molecule has 0 radical (unpaired) electrons. The smallest absolute Gasteiger partial charge is 0.198 e. The quantitative estimate of drug-likeness (QED) is 0.209. The molecule has 3 aromatic carbocycles. The van der Waals surface area contributed by atoms with Crippen molar-refractivity contribution in [2.75, 3.05) is 12.4 Å². The lowest BCUT2D eigenvalue weighted by Gasteiger charge is -2.29. The van der Waals surface area contributed by atoms with Crippen molar-refractivity contribution in [3.63, 3.8) is 0 Å². The molecule has 1 fully saturated rings. The van der Waals surface area contributed by atoms with E-state index < -0.39 is 0 Å². The van der Waals surface area contributed by atoms with Crippen molar-refractivity contribution < 1.29 is 14.7 Å². The molecule has 5 rings (SSSR count). The molecule has 2 aliphatic carbocycles. The highest BCUT2D eigenvalue weighted by Gasteiger charge is 2.34. The number of carbonyl (C=O) groups is 2. The SMILES string of the molecule is CCCCC[C@H]1CC[C@H](c2ccc(-c3ccc4c(c3)C(=O)c3c(NC)ccc(O)c3C4=O)cc2)CC1. The predicted octanol–water partition coefficient (Wildman–Crippen LogP) is 7.73. The summed E-state index contributed by atoms with van der Waals surface area (Å²) < 4.78 is 0. The standard InChI is InChI=1S/C32H35NO3/c1-3-4-5-6-20-7-9-21(10-8-20)22-11-13-23(14-12-22)24-15-16-25-26(19-24)32(36)29-27(33-2)17-18-28(34)30(29)31(25)35/h11-21,33-34H,3-10H2,1-2H3/t20-,21-. The molecule has 0 bridgehead atoms. The normalized spacial score (nSPS) is 19.1. The maximum absolute atomic E-state index is 13.4. The van der Waals surface area contributed by atoms with Gasteiger partial charge < -0.3 is 10.4 Å². The maximum Gasteiger partial charge on any atom is 0.198 e. The van der Waals surface area contributed by atoms with E-state index in [-0.39, 0.29) is 28.4 Å². The topological polar surface area (TPSA) is 66.4 Å². The zero-order valence-corrected chi connectivity index (χ0v) is 21.3. The molecule has 4 heteroatoms. The third-order valence-corrected chi connectivity index (χ3v) is 8.19. The molecule has 0 aliphatic heterocycles. The Morgan fingerprint density at radius 3 is 2.19 bits per heavy atom. The molecule has 1 saturated carbocycles. The van der Waals surface area contributed by atoms with Crippen molar-refractivity contribution >= 4 is 17.3 Å². The molecule has 0 unspecified atom stereocenters. The predicted molar refractivity (Wildman–Crippen MR) is 145 cm³/mol. The molecular weight excluding hydrogens is 446 g/mol. The van der Waals surface area contributed by atoms with Gasteiger partial charge in [0.1, 0.15) is 5.75 Å². The zero-order chi connectivity index (χ0) is 25.2. The fourth-order valence-electron chi connectivity index (χ4n) is 6.06. The number of hydrogen-bond donors (Lipinski definition) is 2. The molecule has 186 valence electrons. The number of rotatable bonds is 7. The number of ketones is 2. The van der Waals surface area contributed by atoms with Crippen LogP contribution in [0.25, 0.3) is 11.1 Å². The van der Waals surface area contributed by atoms with Gasteiger partial charge in [-0.05, 0) is 78.5 Å². The number of carbonyl (C=O) groups excluding carboxylic acids is 2. The number of aromatic hydroxyl groups is 1. The minimum absolute atomic E-state index is 0.0801. The van der Waals surface area contributed by atoms with E-state index in [2.05, 4.69) is 36.5 Å². The molecular formula is C32H35NO3. The average Bonchev–Trinajstić information content (AvgIpc) is 2.92. The molecule has 2 aliphatic rings. The molecule has 4 nitrogen and oxygen atoms in total. The van der Waals surface area contributed by atoms with E-state index in [9.17, 15) is 14.7 Å². The van der Waals surface area contributed by atoms with Gasteiger partial charge in [-0.15, -0.1) is 0 Å². The fourth-order valence-corrected chi connectivity index (χ4v) is 6.06. The maximum atomic E-state index is 13.4. The summed E-state index contributed by atoms with van der Waals surface area (Å²) in [5.74, 6) is 0.810. The summed E-state index contributed by atoms with van der Waals surface area (Å²) >= 11 is 0. The first-order valence-electron chi connectivity index (χ1n) is 13.4. The van der Waals surface area contributed by atoms with Gasteiger partial charge in [0.2, 0.25) is 0 Å². The molecule has 0 amide bonds. The number of benzene rings is 3. The van der Waals surface area contributed by atoms with E-state index in [0.717, 1.165) is 17.0 Å². The van der Waals surface area contributed by atoms with Crippen molar-refractivity contribution in [3.05, 3.63) is 82.4 Å². The van der Waals surface area contributed by atoms with Crippen LogP contribution in [0.3, 0.4) is 0 Å². The van der Waals surface area contributed by atoms with Gasteiger partial charge in [0.15, 0.2) is 11.6 Å². The molecule has 3 aromatic rings. The van der Waals surface area contributed by atoms with E-state index in [1.165, 1.54) is 63.0 Å². The summed E-state index contributed by atoms with van der Waals surface area (Å²) in [5.41, 5.74) is 4.94. The Bertz CT molecular complexity index is 1280. The van der Waals surface area contributed by atoms with Crippen LogP contribution in [-0.2, 0) is 0 Å². The minimum Gasteiger partial charge on any atom is -0.507 e. The largest absolute Gasteiger partial charge is 0.507 e. The van der Waals surface area contributed by atoms with Crippen LogP contribution >= 0.6 is 0 Å². The second kappa shape index (κ2) is 10.3. The van der Waals surface area contributed by atoms with Gasteiger partial charge in [-0.2, -0.15) is 0 Å². The van der Waals surface area contributed by atoms with Crippen LogP contribution in [0.1, 0.15) is 102 Å². The second-order valence-electron chi connectivity index (χ2n) is 10.4. The molecule has 0 aromatic heterocycles. The highest BCUT2D eigenvalue weighted by Crippen LogP contribution is 2.40. The monoisotopic (exact) mass is 481 g/mol. The van der Waals surface area contributed by atoms with Crippen LogP contribution < -0.4 is 5.32 Å². The third kappa shape index (κ3) is 4.45. The van der Waals surface area contributed by atoms with Crippen LogP contribution in [0, 0.1) is 5.92 Å². The van der Waals surface area contributed by atoms with Gasteiger partial charge in [0.05, 0.1) is 11.1 Å². The van der Waals surface area contributed by atoms with Crippen LogP contribution in [0.5, 0.6) is 5.75 Å². The first-order chi connectivity index (χ1) is 17.5. The Balaban J connectivity index is 1.35. The van der Waals surface area contributed by atoms with Gasteiger partial charge >= 0.3 is 0 Å². The lowest BCUT2D eigenvalue weighted by molar-refractivity contribution is 0.0977. The molecule has 2 N–H and O–H groups in total. The van der Waals surface area contributed by atoms with E-state index in [1.54, 1.807) is 19.2 Å². The van der Waals surface area contributed by atoms with Crippen LogP contribution in [0.2, 0.25) is 0 Å². The van der Waals surface area contributed by atoms with Crippen molar-refractivity contribution in [3.8, 4) is 16.9 Å². The summed E-state index contributed by atoms with van der Waals surface area (Å²) in [4.78, 5) is 26.6. The second-order valence-corrected chi connectivity index (χ2v) is 10.4. The van der Waals surface area contributed by atoms with E-state index in [4.69, 9.17) is 0 Å². The van der Waals surface area contributed by atoms with Crippen LogP contribution in [0.15, 0.2) is 54.6 Å². The Morgan fingerprint density at radius 1 is 0.806 bits per heavy atom. The summed E-state index contributed by atoms with van der Waals surface area (Å²) in [6, 6.07) is 17.3. The third-order valence-electron chi connectivity index (χ3n) is 8.19. The summed E-state index contributed by atoms with van der Waals surface area (Å²) in [6.45, 7) is 2.27. The first-order valence-corrected chi connectivity index (χ1v) is 13.4. The lowest BCUT2D eigenvalue weighted by Crippen LogP contribution is -2.22. The number of hydrogen-bond acceptors (Lipinski definition) is 4. The first kappa shape index (κ1) is 24.3. The van der Waals surface area contributed by atoms with E-state index in [0.29, 0.717) is 22.7 Å². The number of nitrogens with one attached hydrogen (secondary N) is 1. The highest BCUT2D eigenvalue weighted by atomic mass is 16.3. The van der Waals surface area contributed by atoms with Gasteiger partial charge in [0, 0.05) is 23.9 Å². The Morgan fingerprint density at radius 2 is 1.50 bits per heavy atom. The Kier molecular flexibility index (Phi) is 6.95. The number of unbranched alkanes of at least 4 members (excludes halogenated alkanes) is 2. The molecule has 0 atom stereocenters. The molecule has 0 spiro atoms. The van der Waals surface area contributed by atoms with E-state index in [1.807, 2.05) is 12.1 Å². The van der Waals surface area contributed by atoms with Crippen LogP contribution in [-0.4, -0.2) is 23.7 Å². The lowest BCUT2D eigenvalue weighted by atomic mass is 9.77. The minimum atomic E-state index is -0.318. The van der Waals surface area contributed by atoms with Crippen molar-refractivity contribution in [1.82, 2.24) is 0 Å². The molecule has 0 saturated heterocycles. The van der Waals surface area contributed by atoms with Crippen LogP contribution in [0.4, 0.5) is 5.69 Å². The molecule has 36 heavy (non-hydrogen) atoms. The highest BCUT2D eigenvalue weighted by molar-refractivity contribution is 6.31. The summed E-state index contributed by atoms with van der Waals surface area (Å²) in [7, 11) is 1.71. The van der Waals surface area contributed by atoms with Crippen molar-refractivity contribution in [1.29, 1.82) is 0 Å². The zero-order valence-electron chi connectivity index (χ0n) is 21.3. The van der Waals surface area contributed by atoms with Gasteiger partial charge in [-0.1, -0.05) is 62.9 Å². The Labute approximate surface area is 213 Å². The Hall–Kier alpha value is -3.40. The number of fused-ring (bicyclic) bond motifs is 2. The van der Waals surface area contributed by atoms with E-state index >= 15 is 0 Å². The summed E-state index contributed by atoms with van der Waals surface area (Å²) in [5, 5.41) is 13.3. The number of phenols is 1. The van der Waals surface area contributed by atoms with Gasteiger partial charge in [-0.25, -0.2) is 0 Å². The molecule has 0 heterocycles. The average molecular weight is 482 g/mol. The summed E-state index contributed by atoms with van der Waals surface area (Å²) in [6.07, 6.45) is 10.6. The van der Waals surface area contributed by atoms with Gasteiger partial charge in [0.25, 0.3) is 0 Å². The number of anilines is 1. The van der Waals surface area contributed by atoms with Gasteiger partial charge in [-0.3, -0.25) is 9.59 Å². The number of phenolic OH excluding ortho intramolecular Hbond substituents is 1. The van der Waals surface area contributed by atoms with Crippen molar-refractivity contribution in [2.45, 2.75) is 64.2 Å². The fraction of sp³-hybridized carbons (Fsp3) is 0.375. The van der Waals surface area contributed by atoms with Crippen molar-refractivity contribution in [2.24, 2.45) is 5.92 Å².